The van der Waals surface area contributed by atoms with Gasteiger partial charge in [-0.25, -0.2) is 9.97 Å². The van der Waals surface area contributed by atoms with Crippen molar-refractivity contribution in [2.45, 2.75) is 57.0 Å². The smallest absolute Gasteiger partial charge is 0.223 e. The molecule has 1 unspecified atom stereocenters. The zero-order valence-corrected chi connectivity index (χ0v) is 14.7. The maximum absolute atomic E-state index is 12.8. The Kier molecular flexibility index (Phi) is 4.97. The number of nitrogens with zero attached hydrogens (tertiary/aromatic N) is 4. The van der Waals surface area contributed by atoms with E-state index in [1.807, 2.05) is 17.3 Å². The van der Waals surface area contributed by atoms with Crippen molar-refractivity contribution in [2.24, 2.45) is 5.92 Å². The minimum absolute atomic E-state index is 0.0862. The van der Waals surface area contributed by atoms with E-state index in [-0.39, 0.29) is 24.5 Å². The SMILES string of the molecule is O=C1CC(CF)CN1C1CCN(Cc2cnc(C3CCC3)nc2)CC1. The van der Waals surface area contributed by atoms with Gasteiger partial charge < -0.3 is 4.90 Å². The van der Waals surface area contributed by atoms with Gasteiger partial charge in [0.2, 0.25) is 5.91 Å². The van der Waals surface area contributed by atoms with Crippen molar-refractivity contribution in [3.8, 4) is 0 Å². The molecular formula is C19H27FN4O. The Labute approximate surface area is 148 Å². The van der Waals surface area contributed by atoms with Gasteiger partial charge in [-0.1, -0.05) is 6.42 Å². The summed E-state index contributed by atoms with van der Waals surface area (Å²) in [4.78, 5) is 25.5. The Bertz CT molecular complexity index is 596. The molecule has 2 saturated heterocycles. The van der Waals surface area contributed by atoms with Crippen LogP contribution in [0.3, 0.4) is 0 Å². The maximum Gasteiger partial charge on any atom is 0.223 e. The lowest BCUT2D eigenvalue weighted by Gasteiger charge is -2.36. The molecule has 6 heteroatoms. The van der Waals surface area contributed by atoms with Gasteiger partial charge in [0.1, 0.15) is 5.82 Å². The molecule has 4 rings (SSSR count). The number of hydrogen-bond acceptors (Lipinski definition) is 4. The molecule has 3 heterocycles. The Morgan fingerprint density at radius 3 is 2.40 bits per heavy atom. The van der Waals surface area contributed by atoms with E-state index in [9.17, 15) is 9.18 Å². The van der Waals surface area contributed by atoms with Crippen LogP contribution in [0.2, 0.25) is 0 Å². The second kappa shape index (κ2) is 7.36. The van der Waals surface area contributed by atoms with E-state index in [0.717, 1.165) is 43.9 Å². The van der Waals surface area contributed by atoms with Gasteiger partial charge in [0, 0.05) is 68.4 Å². The number of rotatable bonds is 5. The van der Waals surface area contributed by atoms with E-state index in [4.69, 9.17) is 0 Å². The van der Waals surface area contributed by atoms with E-state index in [1.165, 1.54) is 19.3 Å². The zero-order chi connectivity index (χ0) is 17.2. The lowest BCUT2D eigenvalue weighted by molar-refractivity contribution is -0.130. The molecule has 3 fully saturated rings. The highest BCUT2D eigenvalue weighted by Crippen LogP contribution is 2.34. The second-order valence-electron chi connectivity index (χ2n) is 7.86. The molecule has 0 radical (unpaired) electrons. The first-order valence-electron chi connectivity index (χ1n) is 9.61. The molecule has 1 atom stereocenters. The first-order chi connectivity index (χ1) is 12.2. The molecule has 0 N–H and O–H groups in total. The van der Waals surface area contributed by atoms with Crippen LogP contribution in [0.15, 0.2) is 12.4 Å². The van der Waals surface area contributed by atoms with Gasteiger partial charge in [-0.2, -0.15) is 0 Å². The van der Waals surface area contributed by atoms with Gasteiger partial charge in [-0.3, -0.25) is 14.1 Å². The molecule has 1 saturated carbocycles. The molecule has 1 aromatic rings. The van der Waals surface area contributed by atoms with Crippen LogP contribution >= 0.6 is 0 Å². The van der Waals surface area contributed by atoms with Crippen molar-refractivity contribution in [1.82, 2.24) is 19.8 Å². The molecule has 1 aliphatic carbocycles. The normalized spacial score (nSPS) is 26.2. The quantitative estimate of drug-likeness (QED) is 0.822. The number of carbonyl (C=O) groups is 1. The number of likely N-dealkylation sites (tertiary alicyclic amines) is 2. The van der Waals surface area contributed by atoms with Gasteiger partial charge in [0.05, 0.1) is 6.67 Å². The Morgan fingerprint density at radius 1 is 1.12 bits per heavy atom. The van der Waals surface area contributed by atoms with Crippen molar-refractivity contribution in [2.75, 3.05) is 26.3 Å². The van der Waals surface area contributed by atoms with Gasteiger partial charge in [0.15, 0.2) is 0 Å². The summed E-state index contributed by atoms with van der Waals surface area (Å²) >= 11 is 0. The molecule has 0 bridgehead atoms. The fraction of sp³-hybridized carbons (Fsp3) is 0.737. The molecule has 0 aromatic carbocycles. The Hall–Kier alpha value is -1.56. The maximum atomic E-state index is 12.8. The third-order valence-corrected chi connectivity index (χ3v) is 6.06. The molecule has 3 aliphatic rings. The topological polar surface area (TPSA) is 49.3 Å². The Morgan fingerprint density at radius 2 is 1.84 bits per heavy atom. The first kappa shape index (κ1) is 16.9. The highest BCUT2D eigenvalue weighted by atomic mass is 19.1. The summed E-state index contributed by atoms with van der Waals surface area (Å²) in [6.45, 7) is 3.05. The molecular weight excluding hydrogens is 319 g/mol. The zero-order valence-electron chi connectivity index (χ0n) is 14.7. The van der Waals surface area contributed by atoms with Crippen molar-refractivity contribution in [3.05, 3.63) is 23.8 Å². The van der Waals surface area contributed by atoms with Gasteiger partial charge in [-0.15, -0.1) is 0 Å². The van der Waals surface area contributed by atoms with Crippen LogP contribution < -0.4 is 0 Å². The van der Waals surface area contributed by atoms with Crippen molar-refractivity contribution >= 4 is 5.91 Å². The summed E-state index contributed by atoms with van der Waals surface area (Å²) in [6.07, 6.45) is 10.1. The minimum atomic E-state index is -0.377. The summed E-state index contributed by atoms with van der Waals surface area (Å²) in [7, 11) is 0. The van der Waals surface area contributed by atoms with E-state index >= 15 is 0 Å². The molecule has 25 heavy (non-hydrogen) atoms. The summed E-state index contributed by atoms with van der Waals surface area (Å²) in [5, 5.41) is 0. The molecule has 0 spiro atoms. The van der Waals surface area contributed by atoms with Gasteiger partial charge in [-0.05, 0) is 25.7 Å². The number of amides is 1. The predicted octanol–water partition coefficient (Wildman–Crippen LogP) is 2.53. The lowest BCUT2D eigenvalue weighted by Crippen LogP contribution is -2.45. The summed E-state index contributed by atoms with van der Waals surface area (Å²) in [5.74, 6) is 1.64. The molecule has 2 aliphatic heterocycles. The number of aromatic nitrogens is 2. The summed E-state index contributed by atoms with van der Waals surface area (Å²) < 4.78 is 12.8. The largest absolute Gasteiger partial charge is 0.339 e. The molecule has 1 aromatic heterocycles. The second-order valence-corrected chi connectivity index (χ2v) is 7.86. The third-order valence-electron chi connectivity index (χ3n) is 6.06. The minimum Gasteiger partial charge on any atom is -0.339 e. The highest BCUT2D eigenvalue weighted by Gasteiger charge is 2.35. The number of piperidine rings is 1. The average Bonchev–Trinajstić information content (AvgIpc) is 2.97. The van der Waals surface area contributed by atoms with Crippen LogP contribution in [0.4, 0.5) is 4.39 Å². The van der Waals surface area contributed by atoms with Crippen molar-refractivity contribution in [1.29, 1.82) is 0 Å². The van der Waals surface area contributed by atoms with Crippen LogP contribution in [-0.4, -0.2) is 58.0 Å². The summed E-state index contributed by atoms with van der Waals surface area (Å²) in [5.41, 5.74) is 1.16. The van der Waals surface area contributed by atoms with Crippen LogP contribution in [-0.2, 0) is 11.3 Å². The van der Waals surface area contributed by atoms with Gasteiger partial charge >= 0.3 is 0 Å². The van der Waals surface area contributed by atoms with E-state index in [2.05, 4.69) is 14.9 Å². The first-order valence-corrected chi connectivity index (χ1v) is 9.61. The number of carbonyl (C=O) groups excluding carboxylic acids is 1. The number of alkyl halides is 1. The van der Waals surface area contributed by atoms with Crippen molar-refractivity contribution < 1.29 is 9.18 Å². The fourth-order valence-electron chi connectivity index (χ4n) is 4.24. The monoisotopic (exact) mass is 346 g/mol. The lowest BCUT2D eigenvalue weighted by atomic mass is 9.85. The van der Waals surface area contributed by atoms with Gasteiger partial charge in [0.25, 0.3) is 0 Å². The summed E-state index contributed by atoms with van der Waals surface area (Å²) in [6, 6.07) is 0.289. The van der Waals surface area contributed by atoms with Crippen LogP contribution in [0.5, 0.6) is 0 Å². The average molecular weight is 346 g/mol. The Balaban J connectivity index is 1.26. The van der Waals surface area contributed by atoms with E-state index in [0.29, 0.717) is 18.9 Å². The molecule has 5 nitrogen and oxygen atoms in total. The number of halogens is 1. The third kappa shape index (κ3) is 3.68. The number of hydrogen-bond donors (Lipinski definition) is 0. The van der Waals surface area contributed by atoms with E-state index in [1.54, 1.807) is 0 Å². The highest BCUT2D eigenvalue weighted by molar-refractivity contribution is 5.79. The standard InChI is InChI=1S/C19H27FN4O/c20-9-14-8-18(25)24(13-14)17-4-6-23(7-5-17)12-15-10-21-19(22-11-15)16-2-1-3-16/h10-11,14,16-17H,1-9,12-13H2. The van der Waals surface area contributed by atoms with Crippen molar-refractivity contribution in [3.63, 3.8) is 0 Å². The fourth-order valence-corrected chi connectivity index (χ4v) is 4.24. The predicted molar refractivity (Wildman–Crippen MR) is 92.7 cm³/mol. The molecule has 136 valence electrons. The van der Waals surface area contributed by atoms with Crippen LogP contribution in [0, 0.1) is 5.92 Å². The molecule has 1 amide bonds. The van der Waals surface area contributed by atoms with Crippen LogP contribution in [0.25, 0.3) is 0 Å². The van der Waals surface area contributed by atoms with Crippen LogP contribution in [0.1, 0.15) is 55.8 Å². The van der Waals surface area contributed by atoms with E-state index < -0.39 is 0 Å².